The molecule has 0 amide bonds. The molecule has 0 heterocycles. The zero-order valence-corrected chi connectivity index (χ0v) is 13.5. The van der Waals surface area contributed by atoms with Crippen LogP contribution in [0.5, 0.6) is 0 Å². The Morgan fingerprint density at radius 2 is 1.76 bits per heavy atom. The summed E-state index contributed by atoms with van der Waals surface area (Å²) in [7, 11) is -3.36. The molecule has 0 fully saturated rings. The lowest BCUT2D eigenvalue weighted by atomic mass is 10.2. The first-order chi connectivity index (χ1) is 10.0. The Labute approximate surface area is 132 Å². The van der Waals surface area contributed by atoms with Crippen molar-refractivity contribution in [3.8, 4) is 6.07 Å². The predicted octanol–water partition coefficient (Wildman–Crippen LogP) is 3.21. The summed E-state index contributed by atoms with van der Waals surface area (Å²) in [5.74, 6) is -0.0137. The molecule has 4 nitrogen and oxygen atoms in total. The Balaban J connectivity index is 2.01. The van der Waals surface area contributed by atoms with Crippen LogP contribution in [0.2, 0.25) is 0 Å². The number of anilines is 1. The first kappa shape index (κ1) is 15.5. The van der Waals surface area contributed by atoms with Gasteiger partial charge in [0.15, 0.2) is 9.84 Å². The van der Waals surface area contributed by atoms with Gasteiger partial charge in [0, 0.05) is 16.7 Å². The first-order valence-electron chi connectivity index (χ1n) is 6.24. The number of para-hydroxylation sites is 1. The van der Waals surface area contributed by atoms with Crippen LogP contribution in [0.1, 0.15) is 5.56 Å². The van der Waals surface area contributed by atoms with E-state index in [0.717, 1.165) is 10.2 Å². The summed E-state index contributed by atoms with van der Waals surface area (Å²) in [5.41, 5.74) is 1.30. The Morgan fingerprint density at radius 1 is 1.10 bits per heavy atom. The zero-order chi connectivity index (χ0) is 15.3. The van der Waals surface area contributed by atoms with E-state index in [1.54, 1.807) is 0 Å². The fraction of sp³-hybridized carbons (Fsp3) is 0.133. The molecule has 0 bridgehead atoms. The quantitative estimate of drug-likeness (QED) is 0.884. The van der Waals surface area contributed by atoms with Crippen LogP contribution in [-0.4, -0.2) is 20.7 Å². The van der Waals surface area contributed by atoms with E-state index in [0.29, 0.717) is 12.1 Å². The van der Waals surface area contributed by atoms with E-state index in [9.17, 15) is 8.42 Å². The average molecular weight is 365 g/mol. The first-order valence-corrected chi connectivity index (χ1v) is 8.69. The number of benzene rings is 2. The maximum atomic E-state index is 12.2. The molecule has 2 aromatic carbocycles. The van der Waals surface area contributed by atoms with Gasteiger partial charge in [0.2, 0.25) is 0 Å². The summed E-state index contributed by atoms with van der Waals surface area (Å²) < 4.78 is 25.2. The van der Waals surface area contributed by atoms with Gasteiger partial charge in [0.05, 0.1) is 22.3 Å². The number of hydrogen-bond donors (Lipinski definition) is 1. The molecule has 0 aromatic heterocycles. The van der Waals surface area contributed by atoms with Crippen LogP contribution in [0, 0.1) is 11.3 Å². The monoisotopic (exact) mass is 364 g/mol. The number of nitrogens with one attached hydrogen (secondary N) is 1. The predicted molar refractivity (Wildman–Crippen MR) is 85.8 cm³/mol. The van der Waals surface area contributed by atoms with E-state index in [4.69, 9.17) is 5.26 Å². The van der Waals surface area contributed by atoms with E-state index in [1.165, 1.54) is 24.3 Å². The molecule has 108 valence electrons. The summed E-state index contributed by atoms with van der Waals surface area (Å²) in [5, 5.41) is 11.8. The van der Waals surface area contributed by atoms with E-state index >= 15 is 0 Å². The fourth-order valence-electron chi connectivity index (χ4n) is 1.78. The number of halogens is 1. The molecule has 2 aromatic rings. The van der Waals surface area contributed by atoms with Gasteiger partial charge in [-0.1, -0.05) is 12.1 Å². The Hall–Kier alpha value is -1.84. The highest BCUT2D eigenvalue weighted by atomic mass is 79.9. The molecule has 6 heteroatoms. The lowest BCUT2D eigenvalue weighted by Gasteiger charge is -2.09. The van der Waals surface area contributed by atoms with Crippen molar-refractivity contribution in [2.45, 2.75) is 4.90 Å². The molecule has 0 aliphatic carbocycles. The number of nitriles is 1. The molecule has 0 radical (unpaired) electrons. The molecule has 0 aliphatic heterocycles. The minimum Gasteiger partial charge on any atom is -0.383 e. The van der Waals surface area contributed by atoms with Gasteiger partial charge in [0.25, 0.3) is 0 Å². The molecule has 0 saturated carbocycles. The van der Waals surface area contributed by atoms with Crippen LogP contribution in [0.3, 0.4) is 0 Å². The topological polar surface area (TPSA) is 70.0 Å². The Morgan fingerprint density at radius 3 is 2.38 bits per heavy atom. The smallest absolute Gasteiger partial charge is 0.180 e. The highest BCUT2D eigenvalue weighted by molar-refractivity contribution is 9.10. The van der Waals surface area contributed by atoms with Crippen LogP contribution in [-0.2, 0) is 9.84 Å². The third-order valence-corrected chi connectivity index (χ3v) is 5.33. The van der Waals surface area contributed by atoms with Crippen LogP contribution < -0.4 is 5.32 Å². The molecule has 2 rings (SSSR count). The van der Waals surface area contributed by atoms with E-state index in [1.807, 2.05) is 30.3 Å². The van der Waals surface area contributed by atoms with Gasteiger partial charge in [-0.05, 0) is 52.3 Å². The van der Waals surface area contributed by atoms with Gasteiger partial charge in [-0.2, -0.15) is 5.26 Å². The Bertz CT molecular complexity index is 765. The van der Waals surface area contributed by atoms with Crippen LogP contribution in [0.4, 0.5) is 5.69 Å². The summed E-state index contributed by atoms with van der Waals surface area (Å²) in [6, 6.07) is 15.4. The summed E-state index contributed by atoms with van der Waals surface area (Å²) in [6.07, 6.45) is 0. The highest BCUT2D eigenvalue weighted by Gasteiger charge is 2.14. The SMILES string of the molecule is N#Cc1ccc(S(=O)(=O)CCNc2ccccc2Br)cc1. The van der Waals surface area contributed by atoms with Crippen LogP contribution in [0.15, 0.2) is 57.9 Å². The molecular weight excluding hydrogens is 352 g/mol. The largest absolute Gasteiger partial charge is 0.383 e. The van der Waals surface area contributed by atoms with Crippen molar-refractivity contribution in [3.63, 3.8) is 0 Å². The maximum Gasteiger partial charge on any atom is 0.180 e. The second-order valence-electron chi connectivity index (χ2n) is 4.36. The summed E-state index contributed by atoms with van der Waals surface area (Å²) >= 11 is 3.40. The van der Waals surface area contributed by atoms with Gasteiger partial charge in [-0.3, -0.25) is 0 Å². The van der Waals surface area contributed by atoms with Crippen molar-refractivity contribution in [1.29, 1.82) is 5.26 Å². The molecular formula is C15H13BrN2O2S. The molecule has 0 saturated heterocycles. The van der Waals surface area contributed by atoms with Crippen LogP contribution in [0.25, 0.3) is 0 Å². The van der Waals surface area contributed by atoms with Crippen molar-refractivity contribution in [2.24, 2.45) is 0 Å². The van der Waals surface area contributed by atoms with Crippen LogP contribution >= 0.6 is 15.9 Å². The van der Waals surface area contributed by atoms with Gasteiger partial charge in [-0.15, -0.1) is 0 Å². The molecule has 0 spiro atoms. The second-order valence-corrected chi connectivity index (χ2v) is 7.33. The third kappa shape index (κ3) is 4.06. The molecule has 21 heavy (non-hydrogen) atoms. The van der Waals surface area contributed by atoms with Crippen molar-refractivity contribution in [2.75, 3.05) is 17.6 Å². The normalized spacial score (nSPS) is 10.9. The van der Waals surface area contributed by atoms with Gasteiger partial charge < -0.3 is 5.32 Å². The molecule has 0 atom stereocenters. The highest BCUT2D eigenvalue weighted by Crippen LogP contribution is 2.21. The third-order valence-electron chi connectivity index (χ3n) is 2.90. The minimum atomic E-state index is -3.36. The lowest BCUT2D eigenvalue weighted by molar-refractivity contribution is 0.596. The molecule has 0 unspecified atom stereocenters. The van der Waals surface area contributed by atoms with Gasteiger partial charge in [0.1, 0.15) is 0 Å². The van der Waals surface area contributed by atoms with Crippen molar-refractivity contribution in [3.05, 3.63) is 58.6 Å². The maximum absolute atomic E-state index is 12.2. The summed E-state index contributed by atoms with van der Waals surface area (Å²) in [4.78, 5) is 0.232. The Kier molecular flexibility index (Phi) is 4.99. The van der Waals surface area contributed by atoms with Crippen molar-refractivity contribution in [1.82, 2.24) is 0 Å². The van der Waals surface area contributed by atoms with Gasteiger partial charge in [-0.25, -0.2) is 8.42 Å². The van der Waals surface area contributed by atoms with Crippen molar-refractivity contribution >= 4 is 31.5 Å². The van der Waals surface area contributed by atoms with Crippen molar-refractivity contribution < 1.29 is 8.42 Å². The fourth-order valence-corrected chi connectivity index (χ4v) is 3.36. The lowest BCUT2D eigenvalue weighted by Crippen LogP contribution is -2.16. The van der Waals surface area contributed by atoms with E-state index in [2.05, 4.69) is 21.2 Å². The minimum absolute atomic E-state index is 0.0137. The molecule has 1 N–H and O–H groups in total. The van der Waals surface area contributed by atoms with E-state index in [-0.39, 0.29) is 10.6 Å². The number of nitrogens with zero attached hydrogens (tertiary/aromatic N) is 1. The van der Waals surface area contributed by atoms with E-state index < -0.39 is 9.84 Å². The number of sulfone groups is 1. The number of hydrogen-bond acceptors (Lipinski definition) is 4. The second kappa shape index (κ2) is 6.74. The van der Waals surface area contributed by atoms with Gasteiger partial charge >= 0.3 is 0 Å². The summed E-state index contributed by atoms with van der Waals surface area (Å²) in [6.45, 7) is 0.310. The average Bonchev–Trinajstić information content (AvgIpc) is 2.49. The zero-order valence-electron chi connectivity index (χ0n) is 11.1. The number of rotatable bonds is 5. The standard InChI is InChI=1S/C15H13BrN2O2S/c16-14-3-1-2-4-15(14)18-9-10-21(19,20)13-7-5-12(11-17)6-8-13/h1-8,18H,9-10H2. The molecule has 0 aliphatic rings.